The van der Waals surface area contributed by atoms with Gasteiger partial charge in [-0.15, -0.1) is 0 Å². The molecular formula is C18H30N2O. The van der Waals surface area contributed by atoms with E-state index in [1.165, 1.54) is 24.8 Å². The first kappa shape index (κ1) is 16.3. The van der Waals surface area contributed by atoms with Crippen LogP contribution in [0.3, 0.4) is 0 Å². The number of hydrogen-bond donors (Lipinski definition) is 1. The van der Waals surface area contributed by atoms with Crippen molar-refractivity contribution >= 4 is 0 Å². The van der Waals surface area contributed by atoms with E-state index in [9.17, 15) is 0 Å². The molecule has 1 N–H and O–H groups in total. The van der Waals surface area contributed by atoms with Crippen molar-refractivity contribution in [3.8, 4) is 5.88 Å². The second kappa shape index (κ2) is 7.79. The zero-order valence-electron chi connectivity index (χ0n) is 14.0. The van der Waals surface area contributed by atoms with Gasteiger partial charge in [0.15, 0.2) is 0 Å². The Morgan fingerprint density at radius 3 is 2.62 bits per heavy atom. The van der Waals surface area contributed by atoms with Crippen molar-refractivity contribution in [2.45, 2.75) is 71.9 Å². The van der Waals surface area contributed by atoms with Gasteiger partial charge < -0.3 is 10.1 Å². The molecule has 118 valence electrons. The molecule has 0 unspecified atom stereocenters. The molecule has 1 heterocycles. The van der Waals surface area contributed by atoms with E-state index in [2.05, 4.69) is 50.1 Å². The van der Waals surface area contributed by atoms with Crippen LogP contribution >= 0.6 is 0 Å². The topological polar surface area (TPSA) is 34.1 Å². The summed E-state index contributed by atoms with van der Waals surface area (Å²) in [5, 5.41) is 3.57. The fraction of sp³-hybridized carbons (Fsp3) is 0.722. The number of nitrogens with one attached hydrogen (secondary N) is 1. The van der Waals surface area contributed by atoms with Crippen molar-refractivity contribution < 1.29 is 4.74 Å². The smallest absolute Gasteiger partial charge is 0.213 e. The largest absolute Gasteiger partial charge is 0.478 e. The minimum atomic E-state index is 0.434. The zero-order chi connectivity index (χ0) is 15.2. The van der Waals surface area contributed by atoms with Gasteiger partial charge in [-0.25, -0.2) is 4.98 Å². The van der Waals surface area contributed by atoms with E-state index in [1.54, 1.807) is 0 Å². The van der Waals surface area contributed by atoms with Crippen LogP contribution in [0.25, 0.3) is 0 Å². The third-order valence-corrected chi connectivity index (χ3v) is 3.82. The molecule has 0 spiro atoms. The highest BCUT2D eigenvalue weighted by Gasteiger charge is 2.20. The molecule has 1 aromatic heterocycles. The monoisotopic (exact) mass is 290 g/mol. The molecule has 0 saturated heterocycles. The van der Waals surface area contributed by atoms with E-state index in [1.807, 2.05) is 0 Å². The molecule has 3 nitrogen and oxygen atoms in total. The van der Waals surface area contributed by atoms with Crippen molar-refractivity contribution in [1.29, 1.82) is 0 Å². The van der Waals surface area contributed by atoms with Gasteiger partial charge in [0.2, 0.25) is 5.88 Å². The molecule has 1 aliphatic rings. The molecule has 0 aromatic carbocycles. The second-order valence-electron chi connectivity index (χ2n) is 6.93. The number of hydrogen-bond acceptors (Lipinski definition) is 3. The van der Waals surface area contributed by atoms with Gasteiger partial charge in [-0.2, -0.15) is 0 Å². The lowest BCUT2D eigenvalue weighted by Gasteiger charge is -2.13. The van der Waals surface area contributed by atoms with Crippen LogP contribution in [0.15, 0.2) is 12.1 Å². The molecule has 0 radical (unpaired) electrons. The number of ether oxygens (including phenoxy) is 1. The van der Waals surface area contributed by atoms with Gasteiger partial charge in [-0.1, -0.05) is 27.7 Å². The van der Waals surface area contributed by atoms with Crippen LogP contribution in [0.1, 0.15) is 70.6 Å². The Kier molecular flexibility index (Phi) is 6.04. The minimum Gasteiger partial charge on any atom is -0.478 e. The first-order valence-corrected chi connectivity index (χ1v) is 8.41. The normalized spacial score (nSPS) is 15.0. The summed E-state index contributed by atoms with van der Waals surface area (Å²) in [7, 11) is 0. The summed E-state index contributed by atoms with van der Waals surface area (Å²) in [6.07, 6.45) is 4.95. The number of nitrogens with zero attached hydrogens (tertiary/aromatic N) is 1. The van der Waals surface area contributed by atoms with Gasteiger partial charge in [-0.3, -0.25) is 0 Å². The van der Waals surface area contributed by atoms with E-state index in [0.717, 1.165) is 43.1 Å². The van der Waals surface area contributed by atoms with Crippen molar-refractivity contribution in [2.75, 3.05) is 6.61 Å². The molecule has 2 rings (SSSR count). The van der Waals surface area contributed by atoms with Crippen molar-refractivity contribution in [3.05, 3.63) is 23.4 Å². The molecule has 21 heavy (non-hydrogen) atoms. The highest BCUT2D eigenvalue weighted by Crippen LogP contribution is 2.22. The van der Waals surface area contributed by atoms with Crippen molar-refractivity contribution in [3.63, 3.8) is 0 Å². The third kappa shape index (κ3) is 6.04. The van der Waals surface area contributed by atoms with Gasteiger partial charge >= 0.3 is 0 Å². The lowest BCUT2D eigenvalue weighted by molar-refractivity contribution is 0.286. The van der Waals surface area contributed by atoms with Crippen LogP contribution in [0, 0.1) is 5.92 Å². The summed E-state index contributed by atoms with van der Waals surface area (Å²) in [4.78, 5) is 4.64. The van der Waals surface area contributed by atoms with E-state index >= 15 is 0 Å². The number of pyridine rings is 1. The van der Waals surface area contributed by atoms with Gasteiger partial charge in [0.05, 0.1) is 6.61 Å². The Morgan fingerprint density at radius 2 is 2.00 bits per heavy atom. The molecular weight excluding hydrogens is 260 g/mol. The van der Waals surface area contributed by atoms with Gasteiger partial charge in [0, 0.05) is 24.3 Å². The van der Waals surface area contributed by atoms with Crippen LogP contribution in [-0.2, 0) is 6.54 Å². The zero-order valence-corrected chi connectivity index (χ0v) is 14.0. The Bertz CT molecular complexity index is 439. The van der Waals surface area contributed by atoms with E-state index in [4.69, 9.17) is 4.74 Å². The lowest BCUT2D eigenvalue weighted by Crippen LogP contribution is -2.16. The van der Waals surface area contributed by atoms with Crippen molar-refractivity contribution in [1.82, 2.24) is 10.3 Å². The van der Waals surface area contributed by atoms with Crippen LogP contribution in [-0.4, -0.2) is 17.6 Å². The standard InChI is InChI=1S/C18H30N2O/c1-13(2)6-5-9-21-18-11-15(12-19-16-7-8-16)10-17(20-18)14(3)4/h10-11,13-14,16,19H,5-9,12H2,1-4H3. The van der Waals surface area contributed by atoms with Crippen LogP contribution in [0.5, 0.6) is 5.88 Å². The Hall–Kier alpha value is -1.09. The van der Waals surface area contributed by atoms with Gasteiger partial charge in [0.25, 0.3) is 0 Å². The minimum absolute atomic E-state index is 0.434. The maximum atomic E-state index is 5.87. The fourth-order valence-corrected chi connectivity index (χ4v) is 2.27. The fourth-order valence-electron chi connectivity index (χ4n) is 2.27. The Balaban J connectivity index is 1.93. The van der Waals surface area contributed by atoms with E-state index in [0.29, 0.717) is 5.92 Å². The maximum Gasteiger partial charge on any atom is 0.213 e. The van der Waals surface area contributed by atoms with Crippen LogP contribution < -0.4 is 10.1 Å². The van der Waals surface area contributed by atoms with Gasteiger partial charge in [0.1, 0.15) is 0 Å². The van der Waals surface area contributed by atoms with Crippen LogP contribution in [0.4, 0.5) is 0 Å². The molecule has 0 aliphatic heterocycles. The average molecular weight is 290 g/mol. The molecule has 3 heteroatoms. The maximum absolute atomic E-state index is 5.87. The molecule has 1 saturated carbocycles. The molecule has 1 fully saturated rings. The van der Waals surface area contributed by atoms with Gasteiger partial charge in [-0.05, 0) is 49.1 Å². The Labute approximate surface area is 129 Å². The van der Waals surface area contributed by atoms with E-state index in [-0.39, 0.29) is 0 Å². The first-order valence-electron chi connectivity index (χ1n) is 8.41. The quantitative estimate of drug-likeness (QED) is 0.690. The first-order chi connectivity index (χ1) is 10.0. The SMILES string of the molecule is CC(C)CCCOc1cc(CNC2CC2)cc(C(C)C)n1. The molecule has 1 aliphatic carbocycles. The summed E-state index contributed by atoms with van der Waals surface area (Å²) in [6.45, 7) is 10.6. The summed E-state index contributed by atoms with van der Waals surface area (Å²) < 4.78 is 5.87. The summed E-state index contributed by atoms with van der Waals surface area (Å²) in [5.41, 5.74) is 2.42. The molecule has 0 bridgehead atoms. The molecule has 0 amide bonds. The second-order valence-corrected chi connectivity index (χ2v) is 6.93. The van der Waals surface area contributed by atoms with E-state index < -0.39 is 0 Å². The molecule has 1 aromatic rings. The molecule has 0 atom stereocenters. The predicted molar refractivity (Wildman–Crippen MR) is 87.8 cm³/mol. The van der Waals surface area contributed by atoms with Crippen LogP contribution in [0.2, 0.25) is 0 Å². The lowest BCUT2D eigenvalue weighted by atomic mass is 10.1. The highest BCUT2D eigenvalue weighted by molar-refractivity contribution is 5.26. The summed E-state index contributed by atoms with van der Waals surface area (Å²) >= 11 is 0. The third-order valence-electron chi connectivity index (χ3n) is 3.82. The number of rotatable bonds is 9. The predicted octanol–water partition coefficient (Wildman–Crippen LogP) is 4.27. The number of aromatic nitrogens is 1. The average Bonchev–Trinajstić information content (AvgIpc) is 3.25. The van der Waals surface area contributed by atoms with Crippen molar-refractivity contribution in [2.24, 2.45) is 5.92 Å². The highest BCUT2D eigenvalue weighted by atomic mass is 16.5. The summed E-state index contributed by atoms with van der Waals surface area (Å²) in [6, 6.07) is 5.04. The summed E-state index contributed by atoms with van der Waals surface area (Å²) in [5.74, 6) is 1.96. The Morgan fingerprint density at radius 1 is 1.24 bits per heavy atom.